The molecule has 3 rings (SSSR count). The Morgan fingerprint density at radius 2 is 1.93 bits per heavy atom. The van der Waals surface area contributed by atoms with Gasteiger partial charge in [-0.1, -0.05) is 18.2 Å². The number of guanidine groups is 1. The third kappa shape index (κ3) is 4.52. The van der Waals surface area contributed by atoms with Crippen LogP contribution in [-0.4, -0.2) is 46.8 Å². The predicted octanol–water partition coefficient (Wildman–Crippen LogP) is 1.50. The molecule has 1 heterocycles. The van der Waals surface area contributed by atoms with Gasteiger partial charge in [-0.2, -0.15) is 0 Å². The molecular formula is C18H21FN4O4S. The highest BCUT2D eigenvalue weighted by Gasteiger charge is 2.21. The van der Waals surface area contributed by atoms with E-state index in [1.54, 1.807) is 18.2 Å². The Bertz CT molecular complexity index is 981. The van der Waals surface area contributed by atoms with E-state index in [0.29, 0.717) is 30.3 Å². The molecule has 0 atom stereocenters. The number of benzene rings is 2. The minimum Gasteiger partial charge on any atom is -0.493 e. The van der Waals surface area contributed by atoms with Crippen molar-refractivity contribution in [1.29, 1.82) is 0 Å². The zero-order valence-electron chi connectivity index (χ0n) is 15.5. The van der Waals surface area contributed by atoms with Crippen LogP contribution < -0.4 is 19.5 Å². The Balaban J connectivity index is 1.67. The summed E-state index contributed by atoms with van der Waals surface area (Å²) in [4.78, 5) is 6.04. The van der Waals surface area contributed by atoms with Crippen LogP contribution in [0, 0.1) is 5.82 Å². The third-order valence-electron chi connectivity index (χ3n) is 4.15. The van der Waals surface area contributed by atoms with E-state index in [2.05, 4.69) is 15.0 Å². The fraction of sp³-hybridized carbons (Fsp3) is 0.278. The molecule has 2 aromatic rings. The first-order valence-corrected chi connectivity index (χ1v) is 9.90. The van der Waals surface area contributed by atoms with Crippen LogP contribution in [0.5, 0.6) is 11.5 Å². The summed E-state index contributed by atoms with van der Waals surface area (Å²) in [6.45, 7) is 0.908. The molecule has 0 unspecified atom stereocenters. The molecule has 0 aliphatic carbocycles. The quantitative estimate of drug-likeness (QED) is 0.753. The molecule has 0 bridgehead atoms. The van der Waals surface area contributed by atoms with Crippen LogP contribution in [0.25, 0.3) is 0 Å². The molecule has 1 aliphatic rings. The molecular weight excluding hydrogens is 387 g/mol. The lowest BCUT2D eigenvalue weighted by atomic mass is 10.2. The van der Waals surface area contributed by atoms with Crippen LogP contribution in [0.2, 0.25) is 0 Å². The zero-order chi connectivity index (χ0) is 20.1. The Hall–Kier alpha value is -2.85. The summed E-state index contributed by atoms with van der Waals surface area (Å²) in [5.41, 5.74) is 0.550. The molecule has 2 aromatic carbocycles. The number of rotatable bonds is 6. The third-order valence-corrected chi connectivity index (χ3v) is 5.48. The van der Waals surface area contributed by atoms with E-state index in [1.807, 2.05) is 4.90 Å². The first-order valence-electron chi connectivity index (χ1n) is 8.42. The fourth-order valence-corrected chi connectivity index (χ4v) is 3.69. The van der Waals surface area contributed by atoms with Crippen molar-refractivity contribution in [2.75, 3.05) is 27.6 Å². The molecule has 0 radical (unpaired) electrons. The Morgan fingerprint density at radius 1 is 1.18 bits per heavy atom. The second-order valence-corrected chi connectivity index (χ2v) is 7.71. The number of hydrogen-bond acceptors (Lipinski definition) is 7. The average Bonchev–Trinajstić information content (AvgIpc) is 2.70. The molecule has 0 amide bonds. The number of hydrogen-bond donors (Lipinski definition) is 2. The van der Waals surface area contributed by atoms with Crippen LogP contribution in [0.1, 0.15) is 5.56 Å². The van der Waals surface area contributed by atoms with Gasteiger partial charge in [0.25, 0.3) is 10.0 Å². The topological polar surface area (TPSA) is 92.3 Å². The molecule has 0 spiro atoms. The normalized spacial score (nSPS) is 14.8. The van der Waals surface area contributed by atoms with Crippen molar-refractivity contribution in [3.8, 4) is 11.5 Å². The second kappa shape index (κ2) is 8.44. The van der Waals surface area contributed by atoms with Gasteiger partial charge >= 0.3 is 0 Å². The summed E-state index contributed by atoms with van der Waals surface area (Å²) in [6.07, 6.45) is 0. The van der Waals surface area contributed by atoms with Gasteiger partial charge in [0.2, 0.25) is 5.96 Å². The SMILES string of the molecule is COc1ccc(S(=O)(=O)NC2=NCN(Cc3ccccc3F)CN2)cc1OC. The number of halogens is 1. The van der Waals surface area contributed by atoms with Crippen molar-refractivity contribution in [3.63, 3.8) is 0 Å². The highest BCUT2D eigenvalue weighted by molar-refractivity contribution is 7.90. The van der Waals surface area contributed by atoms with Crippen LogP contribution >= 0.6 is 0 Å². The van der Waals surface area contributed by atoms with Gasteiger partial charge < -0.3 is 14.8 Å². The number of sulfonamides is 1. The number of nitrogens with one attached hydrogen (secondary N) is 2. The average molecular weight is 408 g/mol. The van der Waals surface area contributed by atoms with Crippen molar-refractivity contribution in [2.24, 2.45) is 4.99 Å². The largest absolute Gasteiger partial charge is 0.493 e. The molecule has 10 heteroatoms. The first-order chi connectivity index (χ1) is 13.4. The summed E-state index contributed by atoms with van der Waals surface area (Å²) in [7, 11) is -0.958. The molecule has 0 aromatic heterocycles. The summed E-state index contributed by atoms with van der Waals surface area (Å²) in [6, 6.07) is 10.8. The minimum atomic E-state index is -3.86. The lowest BCUT2D eigenvalue weighted by Crippen LogP contribution is -2.49. The maximum Gasteiger partial charge on any atom is 0.264 e. The summed E-state index contributed by atoms with van der Waals surface area (Å²) in [5.74, 6) is 0.573. The zero-order valence-corrected chi connectivity index (χ0v) is 16.3. The molecule has 0 saturated heterocycles. The smallest absolute Gasteiger partial charge is 0.264 e. The molecule has 1 aliphatic heterocycles. The van der Waals surface area contributed by atoms with Crippen molar-refractivity contribution in [3.05, 3.63) is 53.8 Å². The van der Waals surface area contributed by atoms with E-state index in [0.717, 1.165) is 0 Å². The number of nitrogens with zero attached hydrogens (tertiary/aromatic N) is 2. The monoisotopic (exact) mass is 408 g/mol. The highest BCUT2D eigenvalue weighted by Crippen LogP contribution is 2.29. The Morgan fingerprint density at radius 3 is 2.57 bits per heavy atom. The van der Waals surface area contributed by atoms with Crippen LogP contribution in [0.3, 0.4) is 0 Å². The molecule has 0 fully saturated rings. The van der Waals surface area contributed by atoms with Crippen molar-refractivity contribution in [1.82, 2.24) is 14.9 Å². The van der Waals surface area contributed by atoms with Gasteiger partial charge in [0, 0.05) is 18.2 Å². The van der Waals surface area contributed by atoms with Gasteiger partial charge in [0.15, 0.2) is 11.5 Å². The number of ether oxygens (including phenoxy) is 2. The van der Waals surface area contributed by atoms with E-state index in [9.17, 15) is 12.8 Å². The van der Waals surface area contributed by atoms with Crippen molar-refractivity contribution in [2.45, 2.75) is 11.4 Å². The Labute approximate surface area is 163 Å². The van der Waals surface area contributed by atoms with E-state index >= 15 is 0 Å². The van der Waals surface area contributed by atoms with Gasteiger partial charge in [-0.3, -0.25) is 4.90 Å². The van der Waals surface area contributed by atoms with Crippen LogP contribution in [0.4, 0.5) is 4.39 Å². The van der Waals surface area contributed by atoms with Gasteiger partial charge in [-0.25, -0.2) is 22.5 Å². The molecule has 150 valence electrons. The maximum atomic E-state index is 13.8. The number of aliphatic imine (C=N–C) groups is 1. The minimum absolute atomic E-state index is 0.0171. The van der Waals surface area contributed by atoms with Gasteiger partial charge in [0.05, 0.1) is 32.5 Å². The van der Waals surface area contributed by atoms with Gasteiger partial charge in [-0.05, 0) is 18.2 Å². The van der Waals surface area contributed by atoms with Crippen LogP contribution in [0.15, 0.2) is 52.4 Å². The predicted molar refractivity (Wildman–Crippen MR) is 102 cm³/mol. The van der Waals surface area contributed by atoms with E-state index < -0.39 is 10.0 Å². The molecule has 0 saturated carbocycles. The molecule has 28 heavy (non-hydrogen) atoms. The molecule has 2 N–H and O–H groups in total. The van der Waals surface area contributed by atoms with Gasteiger partial charge in [-0.15, -0.1) is 0 Å². The van der Waals surface area contributed by atoms with Crippen molar-refractivity contribution < 1.29 is 22.3 Å². The van der Waals surface area contributed by atoms with Crippen LogP contribution in [-0.2, 0) is 16.6 Å². The number of methoxy groups -OCH3 is 2. The lowest BCUT2D eigenvalue weighted by Gasteiger charge is -2.27. The van der Waals surface area contributed by atoms with Crippen molar-refractivity contribution >= 4 is 16.0 Å². The summed E-state index contributed by atoms with van der Waals surface area (Å²) in [5, 5.41) is 2.89. The second-order valence-electron chi connectivity index (χ2n) is 6.03. The highest BCUT2D eigenvalue weighted by atomic mass is 32.2. The van der Waals surface area contributed by atoms with Gasteiger partial charge in [0.1, 0.15) is 5.82 Å². The summed E-state index contributed by atoms with van der Waals surface area (Å²) >= 11 is 0. The standard InChI is InChI=1S/C18H21FN4O4S/c1-26-16-8-7-14(9-17(16)27-2)28(24,25)22-18-20-11-23(12-21-18)10-13-5-3-4-6-15(13)19/h3-9H,10-12H2,1-2H3,(H2,20,21,22). The molecule has 8 nitrogen and oxygen atoms in total. The van der Waals surface area contributed by atoms with E-state index in [1.165, 1.54) is 38.5 Å². The van der Waals surface area contributed by atoms with E-state index in [-0.39, 0.29) is 23.3 Å². The first kappa shape index (κ1) is 19.9. The van der Waals surface area contributed by atoms with E-state index in [4.69, 9.17) is 9.47 Å². The lowest BCUT2D eigenvalue weighted by molar-refractivity contribution is 0.252. The fourth-order valence-electron chi connectivity index (χ4n) is 2.67. The summed E-state index contributed by atoms with van der Waals surface area (Å²) < 4.78 is 51.6. The maximum absolute atomic E-state index is 13.8. The Kier molecular flexibility index (Phi) is 6.00.